The molecule has 0 atom stereocenters. The third kappa shape index (κ3) is 6.22. The van der Waals surface area contributed by atoms with Crippen molar-refractivity contribution in [3.05, 3.63) is 39.9 Å². The van der Waals surface area contributed by atoms with E-state index in [1.807, 2.05) is 6.92 Å². The number of benzene rings is 1. The maximum absolute atomic E-state index is 11.5. The van der Waals surface area contributed by atoms with Crippen LogP contribution in [0.5, 0.6) is 0 Å². The van der Waals surface area contributed by atoms with Gasteiger partial charge in [-0.25, -0.2) is 0 Å². The maximum atomic E-state index is 11.5. The van der Waals surface area contributed by atoms with E-state index in [1.54, 1.807) is 12.1 Å². The Balaban J connectivity index is 2.37. The molecule has 20 heavy (non-hydrogen) atoms. The predicted molar refractivity (Wildman–Crippen MR) is 73.7 cm³/mol. The van der Waals surface area contributed by atoms with Crippen molar-refractivity contribution >= 4 is 31.8 Å². The number of unbranched alkanes of at least 4 members (excludes halogenated alkanes) is 1. The molecule has 0 saturated carbocycles. The molecule has 0 aliphatic heterocycles. The van der Waals surface area contributed by atoms with Crippen molar-refractivity contribution in [2.45, 2.75) is 37.0 Å². The molecule has 108 valence electrons. The summed E-state index contributed by atoms with van der Waals surface area (Å²) in [5.74, 6) is -0.441. The molecule has 0 N–H and O–H groups in total. The van der Waals surface area contributed by atoms with Gasteiger partial charge in [0.25, 0.3) is 0 Å². The van der Waals surface area contributed by atoms with Gasteiger partial charge in [0.2, 0.25) is 0 Å². The van der Waals surface area contributed by atoms with Crippen molar-refractivity contribution < 1.29 is 15.9 Å². The van der Waals surface area contributed by atoms with Crippen molar-refractivity contribution in [2.75, 3.05) is 0 Å². The molecule has 0 spiro atoms. The number of nitro groups is 1. The van der Waals surface area contributed by atoms with Crippen LogP contribution in [0.25, 0.3) is 0 Å². The van der Waals surface area contributed by atoms with Gasteiger partial charge in [0.05, 0.1) is 0 Å². The van der Waals surface area contributed by atoms with E-state index < -0.39 is 31.1 Å². The second-order valence-electron chi connectivity index (χ2n) is 4.37. The number of hydrogen-bond acceptors (Lipinski definition) is 5. The van der Waals surface area contributed by atoms with Crippen LogP contribution in [-0.4, -0.2) is 31.1 Å². The minimum atomic E-state index is -3.16. The third-order valence-electron chi connectivity index (χ3n) is 2.73. The quantitative estimate of drug-likeness (QED) is 0.390. The molecule has 0 amide bonds. The van der Waals surface area contributed by atoms with Crippen LogP contribution in [0.3, 0.4) is 0 Å². The van der Waals surface area contributed by atoms with Gasteiger partial charge in [0.15, 0.2) is 0 Å². The fraction of sp³-hybridized carbons (Fsp3) is 0.462. The third-order valence-corrected chi connectivity index (χ3v) is 6.20. The molecular formula is C13H17NO5Sn. The molecule has 0 fully saturated rings. The van der Waals surface area contributed by atoms with E-state index in [0.717, 1.165) is 18.4 Å². The molecule has 0 radical (unpaired) electrons. The van der Waals surface area contributed by atoms with E-state index in [-0.39, 0.29) is 12.1 Å². The van der Waals surface area contributed by atoms with E-state index in [1.165, 1.54) is 12.1 Å². The summed E-state index contributed by atoms with van der Waals surface area (Å²) in [6, 6.07) is 6.02. The van der Waals surface area contributed by atoms with Crippen LogP contribution >= 0.6 is 0 Å². The molecule has 0 bridgehead atoms. The van der Waals surface area contributed by atoms with Crippen LogP contribution in [0, 0.1) is 10.1 Å². The van der Waals surface area contributed by atoms with E-state index >= 15 is 0 Å². The fourth-order valence-electron chi connectivity index (χ4n) is 1.58. The van der Waals surface area contributed by atoms with Crippen molar-refractivity contribution in [3.63, 3.8) is 0 Å². The summed E-state index contributed by atoms with van der Waals surface area (Å²) in [7, 11) is 0. The number of hydrogen-bond donors (Lipinski definition) is 0. The molecule has 0 aliphatic rings. The van der Waals surface area contributed by atoms with Crippen molar-refractivity contribution in [2.24, 2.45) is 0 Å². The molecular weight excluding hydrogens is 369 g/mol. The first-order valence-corrected chi connectivity index (χ1v) is 10.8. The van der Waals surface area contributed by atoms with Crippen molar-refractivity contribution in [1.29, 1.82) is 0 Å². The summed E-state index contributed by atoms with van der Waals surface area (Å²) in [5.41, 5.74) is 0.836. The molecule has 0 unspecified atom stereocenters. The Bertz CT molecular complexity index is 486. The van der Waals surface area contributed by atoms with Crippen molar-refractivity contribution in [3.8, 4) is 0 Å². The van der Waals surface area contributed by atoms with Gasteiger partial charge < -0.3 is 0 Å². The summed E-state index contributed by atoms with van der Waals surface area (Å²) in [4.78, 5) is 21.5. The summed E-state index contributed by atoms with van der Waals surface area (Å²) in [6.07, 6.45) is 2.35. The van der Waals surface area contributed by atoms with Crippen LogP contribution in [0.4, 0.5) is 5.69 Å². The zero-order valence-corrected chi connectivity index (χ0v) is 14.2. The molecule has 7 heteroatoms. The van der Waals surface area contributed by atoms with Gasteiger partial charge in [-0.05, 0) is 0 Å². The SMILES string of the molecule is CCC[CH2][Sn](=[O])[O]C(=O)CCc1ccc([N+](=O)[O-])cc1. The molecule has 0 saturated heterocycles. The molecule has 6 nitrogen and oxygen atoms in total. The Kier molecular flexibility index (Phi) is 7.35. The Morgan fingerprint density at radius 1 is 1.35 bits per heavy atom. The van der Waals surface area contributed by atoms with Crippen LogP contribution in [-0.2, 0) is 17.4 Å². The predicted octanol–water partition coefficient (Wildman–Crippen LogP) is 2.79. The fourth-order valence-corrected chi connectivity index (χ4v) is 4.72. The van der Waals surface area contributed by atoms with Crippen LogP contribution in [0.15, 0.2) is 24.3 Å². The number of rotatable bonds is 8. The molecule has 0 aliphatic carbocycles. The summed E-state index contributed by atoms with van der Waals surface area (Å²) in [5, 5.41) is 10.5. The summed E-state index contributed by atoms with van der Waals surface area (Å²) >= 11 is -3.16. The molecule has 0 aromatic heterocycles. The number of carbonyl (C=O) groups is 1. The second-order valence-corrected chi connectivity index (χ2v) is 8.51. The average Bonchev–Trinajstić information content (AvgIpc) is 2.43. The van der Waals surface area contributed by atoms with Gasteiger partial charge >= 0.3 is 125 Å². The Labute approximate surface area is 124 Å². The molecule has 0 heterocycles. The number of non-ortho nitro benzene ring substituents is 1. The minimum absolute atomic E-state index is 0.0194. The number of carbonyl (C=O) groups excluding carboxylic acids is 1. The van der Waals surface area contributed by atoms with Gasteiger partial charge in [-0.1, -0.05) is 0 Å². The number of nitrogens with zero attached hydrogens (tertiary/aromatic N) is 1. The average molecular weight is 386 g/mol. The Morgan fingerprint density at radius 2 is 2.00 bits per heavy atom. The van der Waals surface area contributed by atoms with E-state index in [2.05, 4.69) is 0 Å². The molecule has 1 rings (SSSR count). The zero-order valence-electron chi connectivity index (χ0n) is 11.3. The first-order chi connectivity index (χ1) is 9.52. The van der Waals surface area contributed by atoms with Crippen LogP contribution in [0.2, 0.25) is 4.44 Å². The van der Waals surface area contributed by atoms with E-state index in [9.17, 15) is 18.0 Å². The topological polar surface area (TPSA) is 86.5 Å². The van der Waals surface area contributed by atoms with Gasteiger partial charge in [0.1, 0.15) is 0 Å². The van der Waals surface area contributed by atoms with Gasteiger partial charge in [-0.2, -0.15) is 0 Å². The first-order valence-electron chi connectivity index (χ1n) is 6.49. The van der Waals surface area contributed by atoms with Crippen LogP contribution < -0.4 is 0 Å². The standard InChI is InChI=1S/C9H9NO4.C4H9.O.Sn/c11-9(12)6-3-7-1-4-8(5-2-7)10(13)14;1-3-4-2;;/h1-2,4-5H,3,6H2,(H,11,12);1,3-4H2,2H3;;/q;;;+1/p-1. The molecule has 1 aromatic carbocycles. The van der Waals surface area contributed by atoms with Gasteiger partial charge in [0, 0.05) is 0 Å². The summed E-state index contributed by atoms with van der Waals surface area (Å²) in [6.45, 7) is 1.99. The Hall–Kier alpha value is -1.31. The molecule has 1 aromatic rings. The van der Waals surface area contributed by atoms with Crippen LogP contribution in [0.1, 0.15) is 31.7 Å². The van der Waals surface area contributed by atoms with Crippen molar-refractivity contribution in [1.82, 2.24) is 0 Å². The summed E-state index contributed by atoms with van der Waals surface area (Å²) < 4.78 is 17.0. The van der Waals surface area contributed by atoms with Gasteiger partial charge in [-0.15, -0.1) is 0 Å². The van der Waals surface area contributed by atoms with Gasteiger partial charge in [-0.3, -0.25) is 0 Å². The number of aryl methyl sites for hydroxylation is 1. The van der Waals surface area contributed by atoms with E-state index in [0.29, 0.717) is 10.9 Å². The zero-order chi connectivity index (χ0) is 15.0. The normalized spacial score (nSPS) is 10.1. The Morgan fingerprint density at radius 3 is 2.55 bits per heavy atom. The first kappa shape index (κ1) is 16.7. The monoisotopic (exact) mass is 387 g/mol. The van der Waals surface area contributed by atoms with E-state index in [4.69, 9.17) is 3.07 Å². The number of nitro benzene ring substituents is 1. The second kappa shape index (κ2) is 8.78.